The molecule has 0 radical (unpaired) electrons. The van der Waals surface area contributed by atoms with Gasteiger partial charge in [-0.3, -0.25) is 4.98 Å². The van der Waals surface area contributed by atoms with Crippen molar-refractivity contribution in [3.63, 3.8) is 0 Å². The second-order valence-electron chi connectivity index (χ2n) is 6.89. The molecule has 4 rings (SSSR count). The summed E-state index contributed by atoms with van der Waals surface area (Å²) in [7, 11) is 1.61. The smallest absolute Gasteiger partial charge is 0.212 e. The molecule has 0 aliphatic rings. The van der Waals surface area contributed by atoms with Crippen LogP contribution in [0, 0.1) is 19.8 Å². The number of methoxy groups -OCH3 is 1. The fourth-order valence-electron chi connectivity index (χ4n) is 3.08. The molecule has 160 valence electrons. The zero-order valence-corrected chi connectivity index (χ0v) is 16.9. The summed E-state index contributed by atoms with van der Waals surface area (Å²) >= 11 is 0. The lowest BCUT2D eigenvalue weighted by Gasteiger charge is -2.11. The highest BCUT2D eigenvalue weighted by atomic mass is 19.1. The van der Waals surface area contributed by atoms with Crippen molar-refractivity contribution >= 4 is 0 Å². The van der Waals surface area contributed by atoms with Crippen molar-refractivity contribution in [1.82, 2.24) is 19.9 Å². The van der Waals surface area contributed by atoms with Crippen molar-refractivity contribution in [2.24, 2.45) is 0 Å². The van der Waals surface area contributed by atoms with E-state index in [-0.39, 0.29) is 7.43 Å². The van der Waals surface area contributed by atoms with Gasteiger partial charge in [-0.15, -0.1) is 0 Å². The minimum Gasteiger partial charge on any atom is -0.496 e. The first-order valence-electron chi connectivity index (χ1n) is 9.45. The molecule has 6 nitrogen and oxygen atoms in total. The third kappa shape index (κ3) is 4.88. The minimum absolute atomic E-state index is 0. The predicted molar refractivity (Wildman–Crippen MR) is 119 cm³/mol. The van der Waals surface area contributed by atoms with E-state index in [0.29, 0.717) is 29.5 Å². The standard InChI is InChI=1S/C23H21FN4O2.CH4/c1-14-4-5-16(11-25-14)13-30-18-7-8-19(20(10-18)29-3)22-15(2)27-23(28-22)17-6-9-21(24)26-12-17;/h4-12H,13H2,1-3H3,(H,27,28);1H4. The Morgan fingerprint density at radius 2 is 1.84 bits per heavy atom. The lowest BCUT2D eigenvalue weighted by Crippen LogP contribution is -1.98. The molecule has 0 saturated heterocycles. The molecule has 0 atom stereocenters. The monoisotopic (exact) mass is 420 g/mol. The van der Waals surface area contributed by atoms with Crippen LogP contribution in [-0.2, 0) is 6.61 Å². The molecule has 0 amide bonds. The number of pyridine rings is 2. The van der Waals surface area contributed by atoms with Crippen molar-refractivity contribution in [3.8, 4) is 34.1 Å². The summed E-state index contributed by atoms with van der Waals surface area (Å²) < 4.78 is 24.6. The minimum atomic E-state index is -0.527. The summed E-state index contributed by atoms with van der Waals surface area (Å²) in [6.45, 7) is 4.29. The Morgan fingerprint density at radius 3 is 2.52 bits per heavy atom. The molecule has 0 bridgehead atoms. The third-order valence-corrected chi connectivity index (χ3v) is 4.69. The van der Waals surface area contributed by atoms with Gasteiger partial charge in [-0.2, -0.15) is 4.39 Å². The van der Waals surface area contributed by atoms with Crippen LogP contribution in [-0.4, -0.2) is 27.0 Å². The molecule has 0 spiro atoms. The van der Waals surface area contributed by atoms with Gasteiger partial charge in [0.1, 0.15) is 23.9 Å². The van der Waals surface area contributed by atoms with E-state index in [1.54, 1.807) is 19.4 Å². The van der Waals surface area contributed by atoms with E-state index >= 15 is 0 Å². The average molecular weight is 420 g/mol. The molecule has 0 aliphatic carbocycles. The maximum absolute atomic E-state index is 13.1. The van der Waals surface area contributed by atoms with Crippen LogP contribution >= 0.6 is 0 Å². The highest BCUT2D eigenvalue weighted by Crippen LogP contribution is 2.35. The highest BCUT2D eigenvalue weighted by molar-refractivity contribution is 5.73. The van der Waals surface area contributed by atoms with Crippen molar-refractivity contribution in [3.05, 3.63) is 77.8 Å². The lowest BCUT2D eigenvalue weighted by atomic mass is 10.1. The number of ether oxygens (including phenoxy) is 2. The first-order valence-corrected chi connectivity index (χ1v) is 9.45. The van der Waals surface area contributed by atoms with Gasteiger partial charge in [-0.05, 0) is 44.2 Å². The zero-order chi connectivity index (χ0) is 21.1. The molecule has 0 fully saturated rings. The number of nitrogens with one attached hydrogen (secondary N) is 1. The van der Waals surface area contributed by atoms with Gasteiger partial charge < -0.3 is 14.5 Å². The summed E-state index contributed by atoms with van der Waals surface area (Å²) in [4.78, 5) is 15.9. The fraction of sp³-hybridized carbons (Fsp3) is 0.208. The van der Waals surface area contributed by atoms with Gasteiger partial charge in [0.05, 0.1) is 12.8 Å². The summed E-state index contributed by atoms with van der Waals surface area (Å²) in [6, 6.07) is 12.5. The average Bonchev–Trinajstić information content (AvgIpc) is 3.15. The molecular weight excluding hydrogens is 395 g/mol. The van der Waals surface area contributed by atoms with Gasteiger partial charge in [-0.25, -0.2) is 9.97 Å². The van der Waals surface area contributed by atoms with Crippen molar-refractivity contribution in [2.45, 2.75) is 27.9 Å². The summed E-state index contributed by atoms with van der Waals surface area (Å²) in [5.41, 5.74) is 5.11. The Hall–Kier alpha value is -3.74. The normalized spacial score (nSPS) is 10.5. The third-order valence-electron chi connectivity index (χ3n) is 4.69. The number of aromatic nitrogens is 4. The number of nitrogens with zero attached hydrogens (tertiary/aromatic N) is 3. The van der Waals surface area contributed by atoms with E-state index < -0.39 is 5.95 Å². The Labute approximate surface area is 181 Å². The number of hydrogen-bond acceptors (Lipinski definition) is 5. The zero-order valence-electron chi connectivity index (χ0n) is 16.9. The number of imidazole rings is 1. The maximum Gasteiger partial charge on any atom is 0.212 e. The largest absolute Gasteiger partial charge is 0.496 e. The van der Waals surface area contributed by atoms with E-state index in [9.17, 15) is 4.39 Å². The number of halogens is 1. The molecule has 0 saturated carbocycles. The Balaban J connectivity index is 0.00000272. The lowest BCUT2D eigenvalue weighted by molar-refractivity contribution is 0.303. The van der Waals surface area contributed by atoms with Gasteiger partial charge in [0, 0.05) is 46.5 Å². The quantitative estimate of drug-likeness (QED) is 0.416. The number of hydrogen-bond donors (Lipinski definition) is 1. The number of benzene rings is 1. The van der Waals surface area contributed by atoms with E-state index in [1.165, 1.54) is 12.3 Å². The molecule has 3 heterocycles. The van der Waals surface area contributed by atoms with E-state index in [1.807, 2.05) is 44.2 Å². The van der Waals surface area contributed by atoms with Gasteiger partial charge in [0.2, 0.25) is 5.95 Å². The molecule has 1 N–H and O–H groups in total. The summed E-state index contributed by atoms with van der Waals surface area (Å²) in [5, 5.41) is 0. The SMILES string of the molecule is C.COc1cc(OCc2ccc(C)nc2)ccc1-c1nc(-c2ccc(F)nc2)[nH]c1C. The Bertz CT molecular complexity index is 1160. The Morgan fingerprint density at radius 1 is 1.00 bits per heavy atom. The van der Waals surface area contributed by atoms with Crippen LogP contribution in [0.4, 0.5) is 4.39 Å². The van der Waals surface area contributed by atoms with Crippen LogP contribution in [0.15, 0.2) is 54.9 Å². The number of aromatic amines is 1. The van der Waals surface area contributed by atoms with Crippen LogP contribution in [0.1, 0.15) is 24.4 Å². The first-order chi connectivity index (χ1) is 14.5. The molecule has 3 aromatic heterocycles. The molecule has 0 aliphatic heterocycles. The van der Waals surface area contributed by atoms with Gasteiger partial charge >= 0.3 is 0 Å². The summed E-state index contributed by atoms with van der Waals surface area (Å²) in [6.07, 6.45) is 3.26. The molecule has 0 unspecified atom stereocenters. The second kappa shape index (κ2) is 9.38. The molecule has 31 heavy (non-hydrogen) atoms. The van der Waals surface area contributed by atoms with Crippen LogP contribution in [0.5, 0.6) is 11.5 Å². The van der Waals surface area contributed by atoms with Gasteiger partial charge in [-0.1, -0.05) is 13.5 Å². The van der Waals surface area contributed by atoms with Crippen LogP contribution in [0.3, 0.4) is 0 Å². The molecule has 1 aromatic carbocycles. The predicted octanol–water partition coefficient (Wildman–Crippen LogP) is 5.51. The number of aryl methyl sites for hydroxylation is 2. The Kier molecular flexibility index (Phi) is 6.65. The van der Waals surface area contributed by atoms with Crippen molar-refractivity contribution < 1.29 is 13.9 Å². The van der Waals surface area contributed by atoms with Crippen LogP contribution in [0.25, 0.3) is 22.6 Å². The van der Waals surface area contributed by atoms with Crippen LogP contribution in [0.2, 0.25) is 0 Å². The van der Waals surface area contributed by atoms with E-state index in [4.69, 9.17) is 9.47 Å². The second-order valence-corrected chi connectivity index (χ2v) is 6.89. The van der Waals surface area contributed by atoms with Crippen LogP contribution < -0.4 is 9.47 Å². The van der Waals surface area contributed by atoms with Gasteiger partial charge in [0.15, 0.2) is 0 Å². The first kappa shape index (κ1) is 22.0. The van der Waals surface area contributed by atoms with Gasteiger partial charge in [0.25, 0.3) is 0 Å². The molecule has 4 aromatic rings. The summed E-state index contributed by atoms with van der Waals surface area (Å²) in [5.74, 6) is 1.42. The maximum atomic E-state index is 13.1. The van der Waals surface area contributed by atoms with Crippen molar-refractivity contribution in [2.75, 3.05) is 7.11 Å². The van der Waals surface area contributed by atoms with Crippen molar-refractivity contribution in [1.29, 1.82) is 0 Å². The highest BCUT2D eigenvalue weighted by Gasteiger charge is 2.16. The number of H-pyrrole nitrogens is 1. The van der Waals surface area contributed by atoms with E-state index in [0.717, 1.165) is 28.2 Å². The fourth-order valence-corrected chi connectivity index (χ4v) is 3.08. The molecular formula is C24H25FN4O2. The topological polar surface area (TPSA) is 72.9 Å². The number of rotatable bonds is 6. The van der Waals surface area contributed by atoms with E-state index in [2.05, 4.69) is 19.9 Å². The molecule has 7 heteroatoms.